The number of carbonyl (C=O) groups excluding carboxylic acids is 1. The molecule has 0 bridgehead atoms. The normalized spacial score (nSPS) is 11.9. The van der Waals surface area contributed by atoms with Gasteiger partial charge in [0.1, 0.15) is 0 Å². The Bertz CT molecular complexity index is 555. The molecule has 1 atom stereocenters. The summed E-state index contributed by atoms with van der Waals surface area (Å²) in [6.45, 7) is 2.94. The molecule has 106 valence electrons. The molecule has 1 amide bonds. The van der Waals surface area contributed by atoms with Crippen LogP contribution in [0.5, 0.6) is 0 Å². The topological polar surface area (TPSA) is 61.4 Å². The fraction of sp³-hybridized carbons (Fsp3) is 0.267. The summed E-state index contributed by atoms with van der Waals surface area (Å²) in [5.41, 5.74) is 2.22. The van der Waals surface area contributed by atoms with Gasteiger partial charge in [0.25, 0.3) is 5.91 Å². The number of carbonyl (C=O) groups is 1. The van der Waals surface area contributed by atoms with Gasteiger partial charge in [-0.3, -0.25) is 4.79 Å². The lowest BCUT2D eigenvalue weighted by Crippen LogP contribution is -2.28. The highest BCUT2D eigenvalue weighted by atomic mass is 32.1. The molecule has 0 aliphatic rings. The van der Waals surface area contributed by atoms with E-state index in [9.17, 15) is 9.90 Å². The molecular weight excluding hydrogens is 272 g/mol. The third kappa shape index (κ3) is 3.59. The minimum Gasteiger partial charge on any atom is -0.387 e. The third-order valence-corrected chi connectivity index (χ3v) is 3.62. The number of hydrogen-bond donors (Lipinski definition) is 3. The van der Waals surface area contributed by atoms with E-state index >= 15 is 0 Å². The number of anilines is 1. The minimum absolute atomic E-state index is 0.184. The lowest BCUT2D eigenvalue weighted by molar-refractivity contribution is 0.0917. The van der Waals surface area contributed by atoms with Crippen LogP contribution in [0.1, 0.15) is 28.9 Å². The number of hydrogen-bond acceptors (Lipinski definition) is 4. The predicted octanol–water partition coefficient (Wildman–Crippen LogP) is 2.64. The Hall–Kier alpha value is -1.85. The Kier molecular flexibility index (Phi) is 5.15. The SMILES string of the molecule is CCNc1ccccc1C(=O)NCC(O)c1ccsc1. The highest BCUT2D eigenvalue weighted by Gasteiger charge is 2.13. The van der Waals surface area contributed by atoms with Gasteiger partial charge in [-0.15, -0.1) is 0 Å². The molecule has 1 heterocycles. The van der Waals surface area contributed by atoms with Crippen molar-refractivity contribution in [2.45, 2.75) is 13.0 Å². The van der Waals surface area contributed by atoms with Crippen LogP contribution in [0.15, 0.2) is 41.1 Å². The Labute approximate surface area is 122 Å². The second-order valence-corrected chi connectivity index (χ2v) is 5.14. The summed E-state index contributed by atoms with van der Waals surface area (Å²) >= 11 is 1.52. The van der Waals surface area contributed by atoms with Gasteiger partial charge >= 0.3 is 0 Å². The highest BCUT2D eigenvalue weighted by Crippen LogP contribution is 2.17. The number of amides is 1. The highest BCUT2D eigenvalue weighted by molar-refractivity contribution is 7.07. The summed E-state index contributed by atoms with van der Waals surface area (Å²) < 4.78 is 0. The van der Waals surface area contributed by atoms with Gasteiger partial charge in [-0.1, -0.05) is 12.1 Å². The van der Waals surface area contributed by atoms with Gasteiger partial charge in [0.05, 0.1) is 11.7 Å². The summed E-state index contributed by atoms with van der Waals surface area (Å²) in [4.78, 5) is 12.2. The Morgan fingerprint density at radius 3 is 2.85 bits per heavy atom. The molecule has 0 aliphatic carbocycles. The molecule has 2 rings (SSSR count). The molecule has 2 aromatic rings. The summed E-state index contributed by atoms with van der Waals surface area (Å²) in [5, 5.41) is 19.6. The summed E-state index contributed by atoms with van der Waals surface area (Å²) in [5.74, 6) is -0.184. The van der Waals surface area contributed by atoms with E-state index in [1.54, 1.807) is 6.07 Å². The van der Waals surface area contributed by atoms with Crippen molar-refractivity contribution in [2.24, 2.45) is 0 Å². The van der Waals surface area contributed by atoms with Crippen molar-refractivity contribution < 1.29 is 9.90 Å². The molecule has 0 saturated heterocycles. The monoisotopic (exact) mass is 290 g/mol. The predicted molar refractivity (Wildman–Crippen MR) is 82.2 cm³/mol. The second kappa shape index (κ2) is 7.07. The van der Waals surface area contributed by atoms with Crippen molar-refractivity contribution in [3.05, 3.63) is 52.2 Å². The largest absolute Gasteiger partial charge is 0.387 e. The fourth-order valence-corrected chi connectivity index (χ4v) is 2.60. The van der Waals surface area contributed by atoms with E-state index in [-0.39, 0.29) is 12.5 Å². The van der Waals surface area contributed by atoms with Crippen LogP contribution in [-0.2, 0) is 0 Å². The maximum absolute atomic E-state index is 12.2. The summed E-state index contributed by atoms with van der Waals surface area (Å²) in [6.07, 6.45) is -0.670. The van der Waals surface area contributed by atoms with Crippen molar-refractivity contribution in [1.29, 1.82) is 0 Å². The molecule has 0 fully saturated rings. The van der Waals surface area contributed by atoms with Crippen LogP contribution >= 0.6 is 11.3 Å². The molecule has 0 aliphatic heterocycles. The lowest BCUT2D eigenvalue weighted by Gasteiger charge is -2.13. The van der Waals surface area contributed by atoms with E-state index in [0.717, 1.165) is 17.8 Å². The summed E-state index contributed by atoms with van der Waals surface area (Å²) in [7, 11) is 0. The van der Waals surface area contributed by atoms with Crippen LogP contribution in [0, 0.1) is 0 Å². The van der Waals surface area contributed by atoms with E-state index in [1.807, 2.05) is 41.9 Å². The van der Waals surface area contributed by atoms with Gasteiger partial charge in [0.2, 0.25) is 0 Å². The first-order valence-corrected chi connectivity index (χ1v) is 7.48. The molecular formula is C15H18N2O2S. The minimum atomic E-state index is -0.670. The Morgan fingerprint density at radius 2 is 2.15 bits per heavy atom. The number of nitrogens with one attached hydrogen (secondary N) is 2. The van der Waals surface area contributed by atoms with Crippen molar-refractivity contribution in [3.8, 4) is 0 Å². The molecule has 20 heavy (non-hydrogen) atoms. The Balaban J connectivity index is 1.98. The van der Waals surface area contributed by atoms with Crippen LogP contribution in [0.2, 0.25) is 0 Å². The van der Waals surface area contributed by atoms with Crippen LogP contribution in [0.4, 0.5) is 5.69 Å². The van der Waals surface area contributed by atoms with Crippen molar-refractivity contribution in [1.82, 2.24) is 5.32 Å². The first-order valence-electron chi connectivity index (χ1n) is 6.53. The summed E-state index contributed by atoms with van der Waals surface area (Å²) in [6, 6.07) is 9.20. The first-order chi connectivity index (χ1) is 9.72. The van der Waals surface area contributed by atoms with Crippen LogP contribution in [0.3, 0.4) is 0 Å². The number of aliphatic hydroxyl groups excluding tert-OH is 1. The first kappa shape index (κ1) is 14.6. The molecule has 0 saturated carbocycles. The Morgan fingerprint density at radius 1 is 1.35 bits per heavy atom. The number of rotatable bonds is 6. The number of benzene rings is 1. The van der Waals surface area contributed by atoms with Gasteiger partial charge in [0.15, 0.2) is 0 Å². The van der Waals surface area contributed by atoms with E-state index in [0.29, 0.717) is 5.56 Å². The van der Waals surface area contributed by atoms with Gasteiger partial charge in [0, 0.05) is 18.8 Å². The lowest BCUT2D eigenvalue weighted by atomic mass is 10.1. The average Bonchev–Trinajstić information content (AvgIpc) is 2.99. The quantitative estimate of drug-likeness (QED) is 0.766. The smallest absolute Gasteiger partial charge is 0.253 e. The van der Waals surface area contributed by atoms with E-state index in [2.05, 4.69) is 10.6 Å². The van der Waals surface area contributed by atoms with E-state index < -0.39 is 6.10 Å². The number of aliphatic hydroxyl groups is 1. The van der Waals surface area contributed by atoms with Crippen molar-refractivity contribution in [2.75, 3.05) is 18.4 Å². The molecule has 0 spiro atoms. The van der Waals surface area contributed by atoms with Gasteiger partial charge in [-0.2, -0.15) is 11.3 Å². The zero-order valence-corrected chi connectivity index (χ0v) is 12.1. The maximum Gasteiger partial charge on any atom is 0.253 e. The molecule has 4 nitrogen and oxygen atoms in total. The molecule has 1 aromatic carbocycles. The van der Waals surface area contributed by atoms with Gasteiger partial charge in [-0.25, -0.2) is 0 Å². The molecule has 1 unspecified atom stereocenters. The van der Waals surface area contributed by atoms with E-state index in [4.69, 9.17) is 0 Å². The van der Waals surface area contributed by atoms with Crippen molar-refractivity contribution >= 4 is 22.9 Å². The third-order valence-electron chi connectivity index (χ3n) is 2.92. The van der Waals surface area contributed by atoms with Crippen LogP contribution in [-0.4, -0.2) is 24.1 Å². The van der Waals surface area contributed by atoms with Crippen molar-refractivity contribution in [3.63, 3.8) is 0 Å². The fourth-order valence-electron chi connectivity index (χ4n) is 1.89. The standard InChI is InChI=1S/C15H18N2O2S/c1-2-16-13-6-4-3-5-12(13)15(19)17-9-14(18)11-7-8-20-10-11/h3-8,10,14,16,18H,2,9H2,1H3,(H,17,19). The van der Waals surface area contributed by atoms with Gasteiger partial charge < -0.3 is 15.7 Å². The zero-order valence-electron chi connectivity index (χ0n) is 11.3. The molecule has 1 aromatic heterocycles. The number of thiophene rings is 1. The average molecular weight is 290 g/mol. The van der Waals surface area contributed by atoms with Crippen LogP contribution < -0.4 is 10.6 Å². The zero-order chi connectivity index (χ0) is 14.4. The molecule has 0 radical (unpaired) electrons. The van der Waals surface area contributed by atoms with Crippen LogP contribution in [0.25, 0.3) is 0 Å². The maximum atomic E-state index is 12.2. The second-order valence-electron chi connectivity index (χ2n) is 4.36. The van der Waals surface area contributed by atoms with Gasteiger partial charge in [-0.05, 0) is 41.4 Å². The molecule has 5 heteroatoms. The number of para-hydroxylation sites is 1. The molecule has 3 N–H and O–H groups in total. The van der Waals surface area contributed by atoms with E-state index in [1.165, 1.54) is 11.3 Å².